The van der Waals surface area contributed by atoms with E-state index in [0.29, 0.717) is 0 Å². The predicted octanol–water partition coefficient (Wildman–Crippen LogP) is 1.80. The van der Waals surface area contributed by atoms with Crippen molar-refractivity contribution in [1.29, 1.82) is 0 Å². The van der Waals surface area contributed by atoms with Gasteiger partial charge < -0.3 is 9.47 Å². The van der Waals surface area contributed by atoms with E-state index in [1.165, 1.54) is 11.1 Å². The minimum Gasteiger partial charge on any atom is -0.349 e. The molecule has 16 heavy (non-hydrogen) atoms. The molecule has 2 rings (SSSR count). The molecule has 88 valence electrons. The number of nitrogens with zero attached hydrogens (tertiary/aromatic N) is 1. The van der Waals surface area contributed by atoms with Crippen molar-refractivity contribution in [3.8, 4) is 0 Å². The maximum absolute atomic E-state index is 5.42. The van der Waals surface area contributed by atoms with E-state index in [1.807, 2.05) is 0 Å². The summed E-state index contributed by atoms with van der Waals surface area (Å²) >= 11 is 0. The Bertz CT molecular complexity index is 317. The smallest absolute Gasteiger partial charge is 0.170 e. The minimum absolute atomic E-state index is 0.0459. The van der Waals surface area contributed by atoms with Crippen molar-refractivity contribution in [3.63, 3.8) is 0 Å². The quantitative estimate of drug-likeness (QED) is 0.774. The van der Waals surface area contributed by atoms with E-state index in [0.717, 1.165) is 26.3 Å². The van der Waals surface area contributed by atoms with Crippen molar-refractivity contribution in [3.05, 3.63) is 35.4 Å². The van der Waals surface area contributed by atoms with Crippen LogP contribution in [-0.4, -0.2) is 38.0 Å². The molecule has 3 heteroatoms. The van der Waals surface area contributed by atoms with E-state index < -0.39 is 0 Å². The first-order chi connectivity index (χ1) is 7.74. The molecular formula is C13H19NO2. The highest BCUT2D eigenvalue weighted by atomic mass is 16.7. The third-order valence-electron chi connectivity index (χ3n) is 2.72. The minimum atomic E-state index is -0.0459. The number of hydrogen-bond donors (Lipinski definition) is 0. The average molecular weight is 221 g/mol. The fraction of sp³-hybridized carbons (Fsp3) is 0.538. The van der Waals surface area contributed by atoms with Crippen LogP contribution in [0.2, 0.25) is 0 Å². The lowest BCUT2D eigenvalue weighted by molar-refractivity contribution is -0.0592. The van der Waals surface area contributed by atoms with E-state index in [2.05, 4.69) is 43.1 Å². The maximum atomic E-state index is 5.42. The number of benzene rings is 1. The van der Waals surface area contributed by atoms with Crippen LogP contribution in [-0.2, 0) is 16.0 Å². The van der Waals surface area contributed by atoms with Gasteiger partial charge in [-0.1, -0.05) is 29.8 Å². The number of likely N-dealkylation sites (N-methyl/N-ethyl adjacent to an activating group) is 1. The number of ether oxygens (including phenoxy) is 2. The Morgan fingerprint density at radius 2 is 1.81 bits per heavy atom. The first-order valence-electron chi connectivity index (χ1n) is 5.71. The Morgan fingerprint density at radius 3 is 2.44 bits per heavy atom. The maximum Gasteiger partial charge on any atom is 0.170 e. The van der Waals surface area contributed by atoms with Gasteiger partial charge in [0.05, 0.1) is 13.2 Å². The van der Waals surface area contributed by atoms with Crippen LogP contribution in [0.15, 0.2) is 24.3 Å². The first-order valence-corrected chi connectivity index (χ1v) is 5.71. The largest absolute Gasteiger partial charge is 0.349 e. The normalized spacial score (nSPS) is 17.2. The zero-order valence-corrected chi connectivity index (χ0v) is 9.98. The van der Waals surface area contributed by atoms with E-state index in [9.17, 15) is 0 Å². The molecule has 0 bridgehead atoms. The van der Waals surface area contributed by atoms with Crippen LogP contribution in [0.25, 0.3) is 0 Å². The summed E-state index contributed by atoms with van der Waals surface area (Å²) in [5, 5.41) is 0. The molecule has 1 aliphatic heterocycles. The molecule has 1 heterocycles. The molecule has 0 spiro atoms. The number of rotatable bonds is 4. The molecule has 0 radical (unpaired) electrons. The summed E-state index contributed by atoms with van der Waals surface area (Å²) in [6.45, 7) is 5.32. The molecule has 1 saturated heterocycles. The van der Waals surface area contributed by atoms with Crippen molar-refractivity contribution in [1.82, 2.24) is 4.90 Å². The summed E-state index contributed by atoms with van der Waals surface area (Å²) in [7, 11) is 2.09. The highest BCUT2D eigenvalue weighted by Gasteiger charge is 2.17. The van der Waals surface area contributed by atoms with Crippen molar-refractivity contribution in [2.24, 2.45) is 0 Å². The van der Waals surface area contributed by atoms with Gasteiger partial charge in [-0.3, -0.25) is 4.90 Å². The Labute approximate surface area is 97.0 Å². The molecule has 0 amide bonds. The summed E-state index contributed by atoms with van der Waals surface area (Å²) in [6.07, 6.45) is -0.0459. The van der Waals surface area contributed by atoms with Crippen LogP contribution in [0.3, 0.4) is 0 Å². The van der Waals surface area contributed by atoms with E-state index in [-0.39, 0.29) is 6.29 Å². The molecule has 0 N–H and O–H groups in total. The van der Waals surface area contributed by atoms with Crippen LogP contribution in [0, 0.1) is 6.92 Å². The molecule has 1 aliphatic rings. The van der Waals surface area contributed by atoms with Gasteiger partial charge in [-0.15, -0.1) is 0 Å². The van der Waals surface area contributed by atoms with Gasteiger partial charge in [0.25, 0.3) is 0 Å². The fourth-order valence-corrected chi connectivity index (χ4v) is 1.84. The third kappa shape index (κ3) is 3.30. The Hall–Kier alpha value is -0.900. The average Bonchev–Trinajstić information content (AvgIpc) is 2.74. The molecule has 0 unspecified atom stereocenters. The molecule has 1 aromatic rings. The second-order valence-electron chi connectivity index (χ2n) is 4.35. The Kier molecular flexibility index (Phi) is 3.93. The molecule has 0 saturated carbocycles. The van der Waals surface area contributed by atoms with Crippen LogP contribution >= 0.6 is 0 Å². The standard InChI is InChI=1S/C13H19NO2/c1-11-3-5-12(6-4-11)9-14(2)10-13-15-7-8-16-13/h3-6,13H,7-10H2,1-2H3. The van der Waals surface area contributed by atoms with Crippen LogP contribution in [0.1, 0.15) is 11.1 Å². The molecular weight excluding hydrogens is 202 g/mol. The van der Waals surface area contributed by atoms with Gasteiger partial charge in [-0.25, -0.2) is 0 Å². The number of aryl methyl sites for hydroxylation is 1. The van der Waals surface area contributed by atoms with Gasteiger partial charge in [0.15, 0.2) is 6.29 Å². The lowest BCUT2D eigenvalue weighted by atomic mass is 10.1. The van der Waals surface area contributed by atoms with Gasteiger partial charge >= 0.3 is 0 Å². The third-order valence-corrected chi connectivity index (χ3v) is 2.72. The highest BCUT2D eigenvalue weighted by Crippen LogP contribution is 2.09. The monoisotopic (exact) mass is 221 g/mol. The van der Waals surface area contributed by atoms with E-state index in [1.54, 1.807) is 0 Å². The molecule has 0 aliphatic carbocycles. The van der Waals surface area contributed by atoms with Gasteiger partial charge in [-0.2, -0.15) is 0 Å². The summed E-state index contributed by atoms with van der Waals surface area (Å²) < 4.78 is 10.8. The Morgan fingerprint density at radius 1 is 1.19 bits per heavy atom. The number of hydrogen-bond acceptors (Lipinski definition) is 3. The lowest BCUT2D eigenvalue weighted by Crippen LogP contribution is -2.29. The van der Waals surface area contributed by atoms with Crippen molar-refractivity contribution >= 4 is 0 Å². The summed E-state index contributed by atoms with van der Waals surface area (Å²) in [5.74, 6) is 0. The van der Waals surface area contributed by atoms with Crippen LogP contribution in [0.5, 0.6) is 0 Å². The summed E-state index contributed by atoms with van der Waals surface area (Å²) in [4.78, 5) is 2.22. The topological polar surface area (TPSA) is 21.7 Å². The Balaban J connectivity index is 1.81. The van der Waals surface area contributed by atoms with Gasteiger partial charge in [-0.05, 0) is 19.5 Å². The fourth-order valence-electron chi connectivity index (χ4n) is 1.84. The highest BCUT2D eigenvalue weighted by molar-refractivity contribution is 5.21. The van der Waals surface area contributed by atoms with E-state index in [4.69, 9.17) is 9.47 Å². The second kappa shape index (κ2) is 5.43. The second-order valence-corrected chi connectivity index (χ2v) is 4.35. The summed E-state index contributed by atoms with van der Waals surface area (Å²) in [6, 6.07) is 8.63. The zero-order valence-electron chi connectivity index (χ0n) is 9.98. The molecule has 0 atom stereocenters. The van der Waals surface area contributed by atoms with Gasteiger partial charge in [0.2, 0.25) is 0 Å². The van der Waals surface area contributed by atoms with Crippen molar-refractivity contribution < 1.29 is 9.47 Å². The van der Waals surface area contributed by atoms with Gasteiger partial charge in [0, 0.05) is 13.1 Å². The van der Waals surface area contributed by atoms with Gasteiger partial charge in [0.1, 0.15) is 0 Å². The van der Waals surface area contributed by atoms with Crippen molar-refractivity contribution in [2.45, 2.75) is 19.8 Å². The summed E-state index contributed by atoms with van der Waals surface area (Å²) in [5.41, 5.74) is 2.62. The lowest BCUT2D eigenvalue weighted by Gasteiger charge is -2.19. The molecule has 3 nitrogen and oxygen atoms in total. The van der Waals surface area contributed by atoms with Crippen LogP contribution < -0.4 is 0 Å². The van der Waals surface area contributed by atoms with E-state index >= 15 is 0 Å². The zero-order chi connectivity index (χ0) is 11.4. The predicted molar refractivity (Wildman–Crippen MR) is 63.2 cm³/mol. The first kappa shape index (κ1) is 11.6. The molecule has 0 aromatic heterocycles. The SMILES string of the molecule is Cc1ccc(CN(C)CC2OCCO2)cc1. The molecule has 1 aromatic carbocycles. The molecule has 1 fully saturated rings. The van der Waals surface area contributed by atoms with Crippen molar-refractivity contribution in [2.75, 3.05) is 26.8 Å². The van der Waals surface area contributed by atoms with Crippen LogP contribution in [0.4, 0.5) is 0 Å².